The number of hydrogen-bond acceptors (Lipinski definition) is 2. The minimum atomic E-state index is -0.874. The maximum atomic E-state index is 10.4. The van der Waals surface area contributed by atoms with Crippen LogP contribution in [0.4, 0.5) is 0 Å². The Hall–Kier alpha value is -1.84. The fraction of sp³-hybridized carbons (Fsp3) is 0.200. The van der Waals surface area contributed by atoms with Gasteiger partial charge in [-0.2, -0.15) is 0 Å². The summed E-state index contributed by atoms with van der Waals surface area (Å²) in [6, 6.07) is 0. The summed E-state index contributed by atoms with van der Waals surface area (Å²) in [5.74, 6) is -0.874. The van der Waals surface area contributed by atoms with Gasteiger partial charge in [0.2, 0.25) is 0 Å². The van der Waals surface area contributed by atoms with Crippen LogP contribution in [0.25, 0.3) is 6.20 Å². The van der Waals surface area contributed by atoms with Crippen molar-refractivity contribution in [3.05, 3.63) is 36.4 Å². The molecule has 0 aliphatic rings. The highest BCUT2D eigenvalue weighted by atomic mass is 16.4. The first kappa shape index (κ1) is 10.2. The molecule has 1 aromatic rings. The third kappa shape index (κ3) is 3.26. The van der Waals surface area contributed by atoms with E-state index in [1.54, 1.807) is 30.1 Å². The number of rotatable bonds is 4. The minimum Gasteiger partial charge on any atom is -0.478 e. The molecule has 0 aliphatic carbocycles. The number of aliphatic carboxylic acids is 1. The van der Waals surface area contributed by atoms with Gasteiger partial charge in [0.1, 0.15) is 0 Å². The third-order valence-corrected chi connectivity index (χ3v) is 1.70. The van der Waals surface area contributed by atoms with E-state index in [4.69, 9.17) is 5.11 Å². The zero-order valence-electron chi connectivity index (χ0n) is 7.92. The number of carboxylic acids is 1. The van der Waals surface area contributed by atoms with Crippen LogP contribution in [0.2, 0.25) is 0 Å². The molecule has 1 N–H and O–H groups in total. The first-order chi connectivity index (χ1) is 6.70. The number of carboxylic acid groups (broad SMARTS) is 1. The van der Waals surface area contributed by atoms with E-state index in [0.717, 1.165) is 0 Å². The Bertz CT molecular complexity index is 350. The van der Waals surface area contributed by atoms with Crippen molar-refractivity contribution in [3.63, 3.8) is 0 Å². The first-order valence-corrected chi connectivity index (χ1v) is 4.24. The van der Waals surface area contributed by atoms with Gasteiger partial charge >= 0.3 is 5.97 Å². The molecule has 0 unspecified atom stereocenters. The summed E-state index contributed by atoms with van der Waals surface area (Å²) >= 11 is 0. The van der Waals surface area contributed by atoms with E-state index in [2.05, 4.69) is 4.98 Å². The monoisotopic (exact) mass is 192 g/mol. The number of hydrogen-bond donors (Lipinski definition) is 1. The van der Waals surface area contributed by atoms with Crippen molar-refractivity contribution in [2.75, 3.05) is 0 Å². The molecule has 1 heterocycles. The first-order valence-electron chi connectivity index (χ1n) is 4.24. The predicted octanol–water partition coefficient (Wildman–Crippen LogP) is 1.77. The van der Waals surface area contributed by atoms with Crippen molar-refractivity contribution in [2.45, 2.75) is 13.3 Å². The van der Waals surface area contributed by atoms with E-state index in [1.165, 1.54) is 0 Å². The second-order valence-corrected chi connectivity index (χ2v) is 2.82. The van der Waals surface area contributed by atoms with Crippen molar-refractivity contribution in [1.29, 1.82) is 0 Å². The summed E-state index contributed by atoms with van der Waals surface area (Å²) in [6.07, 6.45) is 11.1. The number of carbonyl (C=O) groups is 1. The molecular formula is C10H12N2O2. The smallest absolute Gasteiger partial charge is 0.330 e. The molecule has 0 spiro atoms. The van der Waals surface area contributed by atoms with Crippen LogP contribution in [0, 0.1) is 0 Å². The van der Waals surface area contributed by atoms with E-state index in [-0.39, 0.29) is 0 Å². The Morgan fingerprint density at radius 2 is 2.43 bits per heavy atom. The average molecular weight is 192 g/mol. The third-order valence-electron chi connectivity index (χ3n) is 1.70. The van der Waals surface area contributed by atoms with Gasteiger partial charge in [-0.1, -0.05) is 12.2 Å². The van der Waals surface area contributed by atoms with Crippen LogP contribution in [0.3, 0.4) is 0 Å². The number of nitrogens with zero attached hydrogens (tertiary/aromatic N) is 2. The molecule has 0 radical (unpaired) electrons. The maximum absolute atomic E-state index is 10.4. The van der Waals surface area contributed by atoms with Crippen LogP contribution in [0.5, 0.6) is 0 Å². The Kier molecular flexibility index (Phi) is 3.67. The summed E-state index contributed by atoms with van der Waals surface area (Å²) < 4.78 is 1.80. The van der Waals surface area contributed by atoms with E-state index < -0.39 is 5.97 Å². The number of allylic oxidation sites excluding steroid dienone is 2. The summed E-state index contributed by atoms with van der Waals surface area (Å²) in [5, 5.41) is 8.56. The summed E-state index contributed by atoms with van der Waals surface area (Å²) in [4.78, 5) is 14.3. The van der Waals surface area contributed by atoms with Gasteiger partial charge in [0.25, 0.3) is 0 Å². The SMILES string of the molecule is CC(=CCC=Cn1ccnc1)C(=O)O. The summed E-state index contributed by atoms with van der Waals surface area (Å²) in [6.45, 7) is 1.58. The van der Waals surface area contributed by atoms with Gasteiger partial charge < -0.3 is 9.67 Å². The Balaban J connectivity index is 2.42. The molecule has 0 aliphatic heterocycles. The molecule has 0 atom stereocenters. The lowest BCUT2D eigenvalue weighted by atomic mass is 10.2. The normalized spacial score (nSPS) is 12.2. The van der Waals surface area contributed by atoms with Gasteiger partial charge in [-0.05, 0) is 13.3 Å². The Morgan fingerprint density at radius 1 is 1.64 bits per heavy atom. The fourth-order valence-corrected chi connectivity index (χ4v) is 0.872. The lowest BCUT2D eigenvalue weighted by Crippen LogP contribution is -1.95. The van der Waals surface area contributed by atoms with Gasteiger partial charge in [-0.25, -0.2) is 9.78 Å². The zero-order valence-corrected chi connectivity index (χ0v) is 7.92. The van der Waals surface area contributed by atoms with Crippen LogP contribution in [0.15, 0.2) is 36.4 Å². The quantitative estimate of drug-likeness (QED) is 0.740. The largest absolute Gasteiger partial charge is 0.478 e. The van der Waals surface area contributed by atoms with Gasteiger partial charge in [-0.15, -0.1) is 0 Å². The second kappa shape index (κ2) is 5.01. The van der Waals surface area contributed by atoms with E-state index in [1.807, 2.05) is 18.5 Å². The molecule has 14 heavy (non-hydrogen) atoms. The summed E-state index contributed by atoms with van der Waals surface area (Å²) in [5.41, 5.74) is 0.361. The average Bonchev–Trinajstić information content (AvgIpc) is 2.64. The predicted molar refractivity (Wildman–Crippen MR) is 53.6 cm³/mol. The minimum absolute atomic E-state index is 0.361. The topological polar surface area (TPSA) is 55.1 Å². The number of imidazole rings is 1. The van der Waals surface area contributed by atoms with Crippen LogP contribution in [0.1, 0.15) is 13.3 Å². The molecule has 4 heteroatoms. The van der Waals surface area contributed by atoms with E-state index >= 15 is 0 Å². The van der Waals surface area contributed by atoms with Gasteiger partial charge in [0, 0.05) is 24.2 Å². The molecular weight excluding hydrogens is 180 g/mol. The van der Waals surface area contributed by atoms with Crippen LogP contribution >= 0.6 is 0 Å². The molecule has 74 valence electrons. The van der Waals surface area contributed by atoms with Crippen LogP contribution < -0.4 is 0 Å². The highest BCUT2D eigenvalue weighted by Gasteiger charge is 1.95. The highest BCUT2D eigenvalue weighted by molar-refractivity contribution is 5.85. The van der Waals surface area contributed by atoms with Gasteiger partial charge in [0.05, 0.1) is 6.33 Å². The Labute approximate surface area is 82.2 Å². The molecule has 0 fully saturated rings. The van der Waals surface area contributed by atoms with Gasteiger partial charge in [-0.3, -0.25) is 0 Å². The molecule has 0 amide bonds. The molecule has 0 saturated heterocycles. The molecule has 1 aromatic heterocycles. The van der Waals surface area contributed by atoms with Crippen molar-refractivity contribution < 1.29 is 9.90 Å². The maximum Gasteiger partial charge on any atom is 0.330 e. The fourth-order valence-electron chi connectivity index (χ4n) is 0.872. The Morgan fingerprint density at radius 3 is 3.00 bits per heavy atom. The summed E-state index contributed by atoms with van der Waals surface area (Å²) in [7, 11) is 0. The molecule has 4 nitrogen and oxygen atoms in total. The molecule has 0 saturated carbocycles. The van der Waals surface area contributed by atoms with E-state index in [9.17, 15) is 4.79 Å². The van der Waals surface area contributed by atoms with Gasteiger partial charge in [0.15, 0.2) is 0 Å². The highest BCUT2D eigenvalue weighted by Crippen LogP contribution is 1.97. The van der Waals surface area contributed by atoms with Crippen molar-refractivity contribution in [3.8, 4) is 0 Å². The van der Waals surface area contributed by atoms with Crippen LogP contribution in [-0.4, -0.2) is 20.6 Å². The van der Waals surface area contributed by atoms with E-state index in [0.29, 0.717) is 12.0 Å². The van der Waals surface area contributed by atoms with Crippen molar-refractivity contribution >= 4 is 12.2 Å². The molecule has 0 bridgehead atoms. The standard InChI is InChI=1S/C10H12N2O2/c1-9(10(13)14)4-2-3-6-12-7-5-11-8-12/h3-8H,2H2,1H3,(H,13,14). The van der Waals surface area contributed by atoms with Crippen molar-refractivity contribution in [2.24, 2.45) is 0 Å². The number of aromatic nitrogens is 2. The molecule has 0 aromatic carbocycles. The van der Waals surface area contributed by atoms with Crippen molar-refractivity contribution in [1.82, 2.24) is 9.55 Å². The second-order valence-electron chi connectivity index (χ2n) is 2.82. The van der Waals surface area contributed by atoms with Crippen LogP contribution in [-0.2, 0) is 4.79 Å². The molecule has 1 rings (SSSR count). The zero-order chi connectivity index (χ0) is 10.4. The lowest BCUT2D eigenvalue weighted by molar-refractivity contribution is -0.132. The lowest BCUT2D eigenvalue weighted by Gasteiger charge is -1.91.